The number of aldehydes is 1. The maximum atomic E-state index is 13.7. The Kier molecular flexibility index (Phi) is 6.48. The molecule has 0 saturated carbocycles. The van der Waals surface area contributed by atoms with E-state index in [0.717, 1.165) is 31.4 Å². The molecule has 0 N–H and O–H groups in total. The molecule has 0 aliphatic carbocycles. The van der Waals surface area contributed by atoms with E-state index in [4.69, 9.17) is 0 Å². The lowest BCUT2D eigenvalue weighted by molar-refractivity contribution is 0.112. The van der Waals surface area contributed by atoms with E-state index in [1.54, 1.807) is 12.1 Å². The van der Waals surface area contributed by atoms with Gasteiger partial charge in [0.1, 0.15) is 12.1 Å². The first-order valence-corrected chi connectivity index (χ1v) is 8.19. The third-order valence-electron chi connectivity index (χ3n) is 3.30. The molecule has 0 fully saturated rings. The number of aryl methyl sites for hydroxylation is 1. The Bertz CT molecular complexity index is 569. The SMILES string of the molecule is O=Cc1ccc(SCCCCCc2ccccc2)c(F)c1. The smallest absolute Gasteiger partial charge is 0.150 e. The highest BCUT2D eigenvalue weighted by Gasteiger charge is 2.03. The number of unbranched alkanes of at least 4 members (excludes halogenated alkanes) is 2. The Balaban J connectivity index is 1.65. The van der Waals surface area contributed by atoms with Gasteiger partial charge in [-0.15, -0.1) is 11.8 Å². The molecule has 2 aromatic rings. The second kappa shape index (κ2) is 8.63. The normalized spacial score (nSPS) is 10.5. The van der Waals surface area contributed by atoms with Crippen molar-refractivity contribution in [1.82, 2.24) is 0 Å². The fourth-order valence-corrected chi connectivity index (χ4v) is 3.07. The number of rotatable bonds is 8. The maximum absolute atomic E-state index is 13.7. The number of hydrogen-bond donors (Lipinski definition) is 0. The molecule has 0 aliphatic heterocycles. The highest BCUT2D eigenvalue weighted by molar-refractivity contribution is 7.99. The van der Waals surface area contributed by atoms with Crippen molar-refractivity contribution in [1.29, 1.82) is 0 Å². The standard InChI is InChI=1S/C18H19FOS/c19-17-13-16(14-20)10-11-18(17)21-12-6-2-5-9-15-7-3-1-4-8-15/h1,3-4,7-8,10-11,13-14H,2,5-6,9,12H2. The van der Waals surface area contributed by atoms with Crippen LogP contribution < -0.4 is 0 Å². The zero-order chi connectivity index (χ0) is 14.9. The summed E-state index contributed by atoms with van der Waals surface area (Å²) in [7, 11) is 0. The van der Waals surface area contributed by atoms with Crippen LogP contribution in [0.2, 0.25) is 0 Å². The Hall–Kier alpha value is -1.61. The molecule has 0 spiro atoms. The van der Waals surface area contributed by atoms with E-state index in [2.05, 4.69) is 24.3 Å². The Morgan fingerprint density at radius 2 is 1.81 bits per heavy atom. The van der Waals surface area contributed by atoms with E-state index < -0.39 is 0 Å². The van der Waals surface area contributed by atoms with Gasteiger partial charge in [-0.1, -0.05) is 42.8 Å². The fourth-order valence-electron chi connectivity index (χ4n) is 2.14. The lowest BCUT2D eigenvalue weighted by atomic mass is 10.1. The predicted molar refractivity (Wildman–Crippen MR) is 86.5 cm³/mol. The van der Waals surface area contributed by atoms with Crippen LogP contribution in [-0.2, 0) is 6.42 Å². The average Bonchev–Trinajstić information content (AvgIpc) is 2.53. The minimum absolute atomic E-state index is 0.297. The van der Waals surface area contributed by atoms with E-state index in [0.29, 0.717) is 16.7 Å². The second-order valence-corrected chi connectivity index (χ2v) is 6.09. The number of hydrogen-bond acceptors (Lipinski definition) is 2. The summed E-state index contributed by atoms with van der Waals surface area (Å²) in [6, 6.07) is 15.1. The summed E-state index contributed by atoms with van der Waals surface area (Å²) in [6.45, 7) is 0. The lowest BCUT2D eigenvalue weighted by Crippen LogP contribution is -1.89. The first-order valence-electron chi connectivity index (χ1n) is 7.21. The van der Waals surface area contributed by atoms with Crippen molar-refractivity contribution in [3.8, 4) is 0 Å². The third-order valence-corrected chi connectivity index (χ3v) is 4.44. The van der Waals surface area contributed by atoms with Crippen LogP contribution in [0.15, 0.2) is 53.4 Å². The molecule has 0 saturated heterocycles. The molecule has 0 aromatic heterocycles. The highest BCUT2D eigenvalue weighted by Crippen LogP contribution is 2.23. The Morgan fingerprint density at radius 3 is 2.52 bits per heavy atom. The summed E-state index contributed by atoms with van der Waals surface area (Å²) >= 11 is 1.52. The van der Waals surface area contributed by atoms with E-state index >= 15 is 0 Å². The summed E-state index contributed by atoms with van der Waals surface area (Å²) in [6.07, 6.45) is 5.16. The van der Waals surface area contributed by atoms with Crippen LogP contribution in [0.5, 0.6) is 0 Å². The quantitative estimate of drug-likeness (QED) is 0.381. The van der Waals surface area contributed by atoms with Gasteiger partial charge in [0.25, 0.3) is 0 Å². The van der Waals surface area contributed by atoms with E-state index in [-0.39, 0.29) is 5.82 Å². The van der Waals surface area contributed by atoms with Gasteiger partial charge in [-0.2, -0.15) is 0 Å². The first-order chi connectivity index (χ1) is 10.3. The van der Waals surface area contributed by atoms with Gasteiger partial charge in [-0.05, 0) is 42.7 Å². The van der Waals surface area contributed by atoms with Crippen molar-refractivity contribution in [3.63, 3.8) is 0 Å². The maximum Gasteiger partial charge on any atom is 0.150 e. The first kappa shape index (κ1) is 15.8. The van der Waals surface area contributed by atoms with Crippen molar-refractivity contribution >= 4 is 18.0 Å². The van der Waals surface area contributed by atoms with E-state index in [9.17, 15) is 9.18 Å². The number of carbonyl (C=O) groups is 1. The molecule has 2 rings (SSSR count). The molecular weight excluding hydrogens is 283 g/mol. The van der Waals surface area contributed by atoms with Crippen LogP contribution in [0.4, 0.5) is 4.39 Å². The summed E-state index contributed by atoms with van der Waals surface area (Å²) in [5, 5.41) is 0. The average molecular weight is 302 g/mol. The molecule has 0 unspecified atom stereocenters. The van der Waals surface area contributed by atoms with Crippen LogP contribution in [0.3, 0.4) is 0 Å². The molecule has 3 heteroatoms. The van der Waals surface area contributed by atoms with Gasteiger partial charge in [0.05, 0.1) is 0 Å². The molecule has 0 amide bonds. The molecule has 0 aliphatic rings. The summed E-state index contributed by atoms with van der Waals surface area (Å²) in [5.74, 6) is 0.612. The zero-order valence-corrected chi connectivity index (χ0v) is 12.7. The van der Waals surface area contributed by atoms with Crippen LogP contribution in [0.25, 0.3) is 0 Å². The number of thioether (sulfide) groups is 1. The van der Waals surface area contributed by atoms with E-state index in [1.807, 2.05) is 6.07 Å². The minimum atomic E-state index is -0.297. The summed E-state index contributed by atoms with van der Waals surface area (Å²) < 4.78 is 13.7. The van der Waals surface area contributed by atoms with Crippen molar-refractivity contribution in [2.24, 2.45) is 0 Å². The molecule has 0 radical (unpaired) electrons. The number of benzene rings is 2. The number of halogens is 1. The molecule has 0 bridgehead atoms. The topological polar surface area (TPSA) is 17.1 Å². The van der Waals surface area contributed by atoms with Crippen LogP contribution in [0.1, 0.15) is 35.2 Å². The van der Waals surface area contributed by atoms with Gasteiger partial charge in [-0.25, -0.2) is 4.39 Å². The fraction of sp³-hybridized carbons (Fsp3) is 0.278. The molecular formula is C18H19FOS. The zero-order valence-electron chi connectivity index (χ0n) is 11.9. The molecule has 2 aromatic carbocycles. The van der Waals surface area contributed by atoms with Crippen LogP contribution in [-0.4, -0.2) is 12.0 Å². The predicted octanol–water partition coefficient (Wildman–Crippen LogP) is 5.14. The van der Waals surface area contributed by atoms with Gasteiger partial charge in [0.15, 0.2) is 0 Å². The van der Waals surface area contributed by atoms with Crippen LogP contribution >= 0.6 is 11.8 Å². The molecule has 0 atom stereocenters. The van der Waals surface area contributed by atoms with Gasteiger partial charge in [0, 0.05) is 10.5 Å². The Labute approximate surface area is 129 Å². The monoisotopic (exact) mass is 302 g/mol. The largest absolute Gasteiger partial charge is 0.298 e. The molecule has 110 valence electrons. The van der Waals surface area contributed by atoms with Crippen LogP contribution in [0, 0.1) is 5.82 Å². The molecule has 0 heterocycles. The van der Waals surface area contributed by atoms with Gasteiger partial charge < -0.3 is 0 Å². The van der Waals surface area contributed by atoms with Crippen molar-refractivity contribution in [2.45, 2.75) is 30.6 Å². The third kappa shape index (κ3) is 5.35. The Morgan fingerprint density at radius 1 is 1.00 bits per heavy atom. The van der Waals surface area contributed by atoms with Gasteiger partial charge in [0.2, 0.25) is 0 Å². The molecule has 1 nitrogen and oxygen atoms in total. The van der Waals surface area contributed by atoms with Crippen molar-refractivity contribution in [3.05, 3.63) is 65.5 Å². The van der Waals surface area contributed by atoms with Gasteiger partial charge in [-0.3, -0.25) is 4.79 Å². The van der Waals surface area contributed by atoms with E-state index in [1.165, 1.54) is 23.4 Å². The van der Waals surface area contributed by atoms with Gasteiger partial charge >= 0.3 is 0 Å². The van der Waals surface area contributed by atoms with Crippen molar-refractivity contribution < 1.29 is 9.18 Å². The number of carbonyl (C=O) groups excluding carboxylic acids is 1. The summed E-state index contributed by atoms with van der Waals surface area (Å²) in [5.41, 5.74) is 1.76. The molecule has 21 heavy (non-hydrogen) atoms. The second-order valence-electron chi connectivity index (χ2n) is 4.95. The van der Waals surface area contributed by atoms with Crippen molar-refractivity contribution in [2.75, 3.05) is 5.75 Å². The minimum Gasteiger partial charge on any atom is -0.298 e. The lowest BCUT2D eigenvalue weighted by Gasteiger charge is -2.04. The highest BCUT2D eigenvalue weighted by atomic mass is 32.2. The summed E-state index contributed by atoms with van der Waals surface area (Å²) in [4.78, 5) is 11.2.